The Morgan fingerprint density at radius 3 is 2.71 bits per heavy atom. The highest BCUT2D eigenvalue weighted by molar-refractivity contribution is 5.81. The molecule has 1 aromatic rings. The van der Waals surface area contributed by atoms with Crippen LogP contribution in [0.2, 0.25) is 0 Å². The summed E-state index contributed by atoms with van der Waals surface area (Å²) in [4.78, 5) is 18.8. The molecule has 0 aliphatic heterocycles. The van der Waals surface area contributed by atoms with E-state index in [2.05, 4.69) is 9.97 Å². The zero-order valence-corrected chi connectivity index (χ0v) is 7.60. The third-order valence-corrected chi connectivity index (χ3v) is 2.78. The van der Waals surface area contributed by atoms with Gasteiger partial charge in [-0.1, -0.05) is 6.42 Å². The topological polar surface area (TPSA) is 89.1 Å². The average molecular weight is 193 g/mol. The van der Waals surface area contributed by atoms with Crippen LogP contribution in [0.25, 0.3) is 0 Å². The highest BCUT2D eigenvalue weighted by Crippen LogP contribution is 2.42. The van der Waals surface area contributed by atoms with Crippen molar-refractivity contribution >= 4 is 11.9 Å². The predicted octanol–water partition coefficient (Wildman–Crippen LogP) is 0.565. The number of carboxylic acids is 1. The van der Waals surface area contributed by atoms with Crippen molar-refractivity contribution in [1.29, 1.82) is 0 Å². The van der Waals surface area contributed by atoms with Crippen LogP contribution in [-0.4, -0.2) is 21.0 Å². The van der Waals surface area contributed by atoms with E-state index in [-0.39, 0.29) is 5.95 Å². The third kappa shape index (κ3) is 1.13. The molecule has 3 N–H and O–H groups in total. The van der Waals surface area contributed by atoms with Gasteiger partial charge in [0.05, 0.1) is 5.69 Å². The molecule has 0 aromatic carbocycles. The van der Waals surface area contributed by atoms with Gasteiger partial charge in [-0.15, -0.1) is 0 Å². The summed E-state index contributed by atoms with van der Waals surface area (Å²) in [6, 6.07) is 1.63. The van der Waals surface area contributed by atoms with Crippen LogP contribution in [0.3, 0.4) is 0 Å². The number of carbonyl (C=O) groups is 1. The Bertz CT molecular complexity index is 374. The molecule has 2 rings (SSSR count). The second-order valence-electron chi connectivity index (χ2n) is 3.54. The second kappa shape index (κ2) is 2.94. The number of anilines is 1. The molecular weight excluding hydrogens is 182 g/mol. The molecule has 0 unspecified atom stereocenters. The van der Waals surface area contributed by atoms with Crippen LogP contribution in [0.5, 0.6) is 0 Å². The Labute approximate surface area is 81.0 Å². The summed E-state index contributed by atoms with van der Waals surface area (Å²) >= 11 is 0. The molecular formula is C9H11N3O2. The minimum absolute atomic E-state index is 0.134. The molecule has 1 heterocycles. The number of nitrogens with zero attached hydrogens (tertiary/aromatic N) is 2. The molecule has 1 aliphatic carbocycles. The summed E-state index contributed by atoms with van der Waals surface area (Å²) in [6.45, 7) is 0. The lowest BCUT2D eigenvalue weighted by Gasteiger charge is -2.36. The number of nitrogens with two attached hydrogens (primary N) is 1. The van der Waals surface area contributed by atoms with Crippen molar-refractivity contribution in [2.45, 2.75) is 24.7 Å². The number of aliphatic carboxylic acids is 1. The van der Waals surface area contributed by atoms with Crippen LogP contribution < -0.4 is 5.73 Å². The molecule has 0 saturated heterocycles. The normalized spacial score (nSPS) is 18.6. The standard InChI is InChI=1S/C9H11N3O2/c10-8-11-5-2-6(12-8)9(7(13)14)3-1-4-9/h2,5H,1,3-4H2,(H,13,14)(H2,10,11,12). The van der Waals surface area contributed by atoms with Gasteiger partial charge in [0, 0.05) is 6.20 Å². The fraction of sp³-hybridized carbons (Fsp3) is 0.444. The van der Waals surface area contributed by atoms with E-state index in [1.807, 2.05) is 0 Å². The first-order valence-electron chi connectivity index (χ1n) is 4.47. The lowest BCUT2D eigenvalue weighted by molar-refractivity contribution is -0.147. The Morgan fingerprint density at radius 2 is 2.29 bits per heavy atom. The van der Waals surface area contributed by atoms with Crippen molar-refractivity contribution in [2.75, 3.05) is 5.73 Å². The van der Waals surface area contributed by atoms with Crippen LogP contribution in [0.15, 0.2) is 12.3 Å². The Morgan fingerprint density at radius 1 is 1.57 bits per heavy atom. The SMILES string of the molecule is Nc1nccc(C2(C(=O)O)CCC2)n1. The Balaban J connectivity index is 2.42. The van der Waals surface area contributed by atoms with E-state index in [1.165, 1.54) is 6.20 Å². The smallest absolute Gasteiger partial charge is 0.315 e. The maximum absolute atomic E-state index is 11.1. The van der Waals surface area contributed by atoms with E-state index in [9.17, 15) is 4.79 Å². The molecule has 0 amide bonds. The predicted molar refractivity (Wildman–Crippen MR) is 49.6 cm³/mol. The summed E-state index contributed by atoms with van der Waals surface area (Å²) in [7, 11) is 0. The van der Waals surface area contributed by atoms with E-state index in [1.54, 1.807) is 6.07 Å². The minimum atomic E-state index is -0.818. The molecule has 1 aromatic heterocycles. The number of carboxylic acid groups (broad SMARTS) is 1. The van der Waals surface area contributed by atoms with E-state index < -0.39 is 11.4 Å². The van der Waals surface area contributed by atoms with Crippen molar-refractivity contribution in [3.8, 4) is 0 Å². The average Bonchev–Trinajstić information content (AvgIpc) is 2.00. The summed E-state index contributed by atoms with van der Waals surface area (Å²) in [6.07, 6.45) is 3.70. The van der Waals surface area contributed by atoms with E-state index in [0.717, 1.165) is 6.42 Å². The van der Waals surface area contributed by atoms with Gasteiger partial charge in [-0.05, 0) is 18.9 Å². The molecule has 0 spiro atoms. The number of aromatic nitrogens is 2. The molecule has 74 valence electrons. The third-order valence-electron chi connectivity index (χ3n) is 2.78. The van der Waals surface area contributed by atoms with E-state index >= 15 is 0 Å². The van der Waals surface area contributed by atoms with Crippen LogP contribution in [0, 0.1) is 0 Å². The highest BCUT2D eigenvalue weighted by atomic mass is 16.4. The molecule has 1 fully saturated rings. The Hall–Kier alpha value is -1.65. The first-order valence-corrected chi connectivity index (χ1v) is 4.47. The molecule has 1 saturated carbocycles. The molecule has 0 radical (unpaired) electrons. The lowest BCUT2D eigenvalue weighted by atomic mass is 9.66. The van der Waals surface area contributed by atoms with Crippen molar-refractivity contribution < 1.29 is 9.90 Å². The van der Waals surface area contributed by atoms with Crippen LogP contribution in [0.1, 0.15) is 25.0 Å². The zero-order chi connectivity index (χ0) is 10.2. The zero-order valence-electron chi connectivity index (χ0n) is 7.60. The largest absolute Gasteiger partial charge is 0.481 e. The maximum atomic E-state index is 11.1. The quantitative estimate of drug-likeness (QED) is 0.716. The van der Waals surface area contributed by atoms with Gasteiger partial charge in [-0.3, -0.25) is 4.79 Å². The van der Waals surface area contributed by atoms with E-state index in [4.69, 9.17) is 10.8 Å². The van der Waals surface area contributed by atoms with Crippen molar-refractivity contribution in [3.05, 3.63) is 18.0 Å². The van der Waals surface area contributed by atoms with Gasteiger partial charge in [0.25, 0.3) is 0 Å². The van der Waals surface area contributed by atoms with Gasteiger partial charge in [0.15, 0.2) is 0 Å². The van der Waals surface area contributed by atoms with Crippen molar-refractivity contribution in [3.63, 3.8) is 0 Å². The molecule has 1 aliphatic rings. The number of rotatable bonds is 2. The lowest BCUT2D eigenvalue weighted by Crippen LogP contribution is -2.43. The van der Waals surface area contributed by atoms with Crippen LogP contribution in [-0.2, 0) is 10.2 Å². The Kier molecular flexibility index (Phi) is 1.87. The molecule has 5 nitrogen and oxygen atoms in total. The fourth-order valence-corrected chi connectivity index (χ4v) is 1.75. The molecule has 5 heteroatoms. The monoisotopic (exact) mass is 193 g/mol. The number of hydrogen-bond donors (Lipinski definition) is 2. The van der Waals surface area contributed by atoms with Gasteiger partial charge >= 0.3 is 5.97 Å². The summed E-state index contributed by atoms with van der Waals surface area (Å²) in [5, 5.41) is 9.13. The number of nitrogen functional groups attached to an aromatic ring is 1. The van der Waals surface area contributed by atoms with Gasteiger partial charge in [0.1, 0.15) is 5.41 Å². The van der Waals surface area contributed by atoms with Crippen molar-refractivity contribution in [2.24, 2.45) is 0 Å². The van der Waals surface area contributed by atoms with Crippen LogP contribution >= 0.6 is 0 Å². The fourth-order valence-electron chi connectivity index (χ4n) is 1.75. The van der Waals surface area contributed by atoms with E-state index in [0.29, 0.717) is 18.5 Å². The summed E-state index contributed by atoms with van der Waals surface area (Å²) in [5.41, 5.74) is 5.14. The number of hydrogen-bond acceptors (Lipinski definition) is 4. The highest BCUT2D eigenvalue weighted by Gasteiger charge is 2.47. The van der Waals surface area contributed by atoms with Gasteiger partial charge < -0.3 is 10.8 Å². The first-order chi connectivity index (χ1) is 6.65. The van der Waals surface area contributed by atoms with Crippen molar-refractivity contribution in [1.82, 2.24) is 9.97 Å². The summed E-state index contributed by atoms with van der Waals surface area (Å²) in [5.74, 6) is -0.683. The van der Waals surface area contributed by atoms with Crippen LogP contribution in [0.4, 0.5) is 5.95 Å². The maximum Gasteiger partial charge on any atom is 0.315 e. The van der Waals surface area contributed by atoms with Gasteiger partial charge in [-0.25, -0.2) is 9.97 Å². The van der Waals surface area contributed by atoms with Gasteiger partial charge in [0.2, 0.25) is 5.95 Å². The molecule has 14 heavy (non-hydrogen) atoms. The minimum Gasteiger partial charge on any atom is -0.481 e. The second-order valence-corrected chi connectivity index (χ2v) is 3.54. The molecule has 0 bridgehead atoms. The summed E-state index contributed by atoms with van der Waals surface area (Å²) < 4.78 is 0. The van der Waals surface area contributed by atoms with Gasteiger partial charge in [-0.2, -0.15) is 0 Å². The first kappa shape index (κ1) is 8.93. The molecule has 0 atom stereocenters.